The monoisotopic (exact) mass is 267 g/mol. The van der Waals surface area contributed by atoms with E-state index in [0.717, 1.165) is 30.9 Å². The highest BCUT2D eigenvalue weighted by Gasteiger charge is 2.41. The second kappa shape index (κ2) is 4.97. The predicted octanol–water partition coefficient (Wildman–Crippen LogP) is 1.88. The third-order valence-corrected chi connectivity index (χ3v) is 4.89. The minimum Gasteiger partial charge on any atom is -0.344 e. The van der Waals surface area contributed by atoms with Crippen LogP contribution in [0.5, 0.6) is 0 Å². The molecule has 2 heterocycles. The quantitative estimate of drug-likeness (QED) is 0.876. The minimum absolute atomic E-state index is 0.148. The highest BCUT2D eigenvalue weighted by Crippen LogP contribution is 2.32. The van der Waals surface area contributed by atoms with Crippen molar-refractivity contribution >= 4 is 17.2 Å². The Morgan fingerprint density at radius 2 is 2.44 bits per heavy atom. The summed E-state index contributed by atoms with van der Waals surface area (Å²) in [6, 6.07) is 0. The van der Waals surface area contributed by atoms with Gasteiger partial charge in [0, 0.05) is 18.1 Å². The van der Waals surface area contributed by atoms with E-state index in [1.165, 1.54) is 0 Å². The van der Waals surface area contributed by atoms with Crippen LogP contribution < -0.4 is 10.6 Å². The molecule has 1 aromatic rings. The molecule has 0 saturated carbocycles. The Kier molecular flexibility index (Phi) is 3.73. The van der Waals surface area contributed by atoms with E-state index in [2.05, 4.69) is 22.5 Å². The zero-order chi connectivity index (χ0) is 13.2. The van der Waals surface area contributed by atoms with Crippen molar-refractivity contribution in [3.05, 3.63) is 16.6 Å². The maximum atomic E-state index is 12.5. The molecule has 2 rings (SSSR count). The molecule has 100 valence electrons. The van der Waals surface area contributed by atoms with E-state index >= 15 is 0 Å². The van der Waals surface area contributed by atoms with Crippen molar-refractivity contribution in [1.29, 1.82) is 0 Å². The largest absolute Gasteiger partial charge is 0.344 e. The molecule has 0 aromatic carbocycles. The molecule has 1 unspecified atom stereocenters. The lowest BCUT2D eigenvalue weighted by Crippen LogP contribution is -2.49. The standard InChI is InChI=1S/C13H21N3OS/c1-4-13(5-6-14-9-13)10(17)16-12(2,3)11-15-7-8-18-11/h7-8,14H,4-6,9H2,1-3H3,(H,16,17). The minimum atomic E-state index is -0.393. The van der Waals surface area contributed by atoms with E-state index in [0.29, 0.717) is 0 Å². The number of carbonyl (C=O) groups is 1. The van der Waals surface area contributed by atoms with Crippen LogP contribution >= 0.6 is 11.3 Å². The smallest absolute Gasteiger partial charge is 0.228 e. The summed E-state index contributed by atoms with van der Waals surface area (Å²) >= 11 is 1.58. The highest BCUT2D eigenvalue weighted by atomic mass is 32.1. The summed E-state index contributed by atoms with van der Waals surface area (Å²) in [7, 11) is 0. The Morgan fingerprint density at radius 1 is 1.67 bits per heavy atom. The van der Waals surface area contributed by atoms with E-state index in [4.69, 9.17) is 0 Å². The second-order valence-electron chi connectivity index (χ2n) is 5.48. The van der Waals surface area contributed by atoms with Crippen molar-refractivity contribution in [3.63, 3.8) is 0 Å². The number of hydrogen-bond acceptors (Lipinski definition) is 4. The first-order valence-electron chi connectivity index (χ1n) is 6.43. The second-order valence-corrected chi connectivity index (χ2v) is 6.37. The number of nitrogens with one attached hydrogen (secondary N) is 2. The van der Waals surface area contributed by atoms with E-state index in [9.17, 15) is 4.79 Å². The fourth-order valence-electron chi connectivity index (χ4n) is 2.40. The maximum absolute atomic E-state index is 12.5. The van der Waals surface area contributed by atoms with Crippen LogP contribution in [0, 0.1) is 5.41 Å². The lowest BCUT2D eigenvalue weighted by atomic mass is 9.82. The van der Waals surface area contributed by atoms with Gasteiger partial charge in [-0.05, 0) is 33.2 Å². The van der Waals surface area contributed by atoms with Crippen LogP contribution in [0.4, 0.5) is 0 Å². The molecule has 0 bridgehead atoms. The molecule has 4 nitrogen and oxygen atoms in total. The van der Waals surface area contributed by atoms with Gasteiger partial charge in [0.15, 0.2) is 0 Å². The molecule has 2 N–H and O–H groups in total. The Bertz CT molecular complexity index is 408. The average Bonchev–Trinajstić information content (AvgIpc) is 3.01. The molecule has 1 saturated heterocycles. The number of rotatable bonds is 4. The van der Waals surface area contributed by atoms with Crippen molar-refractivity contribution in [3.8, 4) is 0 Å². The SMILES string of the molecule is CCC1(C(=O)NC(C)(C)c2nccs2)CCNC1. The average molecular weight is 267 g/mol. The normalized spacial score (nSPS) is 24.2. The summed E-state index contributed by atoms with van der Waals surface area (Å²) in [5, 5.41) is 9.35. The zero-order valence-electron chi connectivity index (χ0n) is 11.2. The van der Waals surface area contributed by atoms with E-state index in [-0.39, 0.29) is 11.3 Å². The number of amides is 1. The summed E-state index contributed by atoms with van der Waals surface area (Å²) in [6.07, 6.45) is 3.57. The van der Waals surface area contributed by atoms with Gasteiger partial charge < -0.3 is 10.6 Å². The first kappa shape index (κ1) is 13.5. The van der Waals surface area contributed by atoms with Crippen molar-refractivity contribution in [1.82, 2.24) is 15.6 Å². The summed E-state index contributed by atoms with van der Waals surface area (Å²) in [6.45, 7) is 7.82. The van der Waals surface area contributed by atoms with E-state index < -0.39 is 5.54 Å². The third kappa shape index (κ3) is 2.42. The molecule has 1 amide bonds. The molecule has 0 spiro atoms. The third-order valence-electron chi connectivity index (χ3n) is 3.80. The topological polar surface area (TPSA) is 54.0 Å². The molecular weight excluding hydrogens is 246 g/mol. The van der Waals surface area contributed by atoms with Gasteiger partial charge >= 0.3 is 0 Å². The van der Waals surface area contributed by atoms with Gasteiger partial charge in [-0.1, -0.05) is 6.92 Å². The van der Waals surface area contributed by atoms with Gasteiger partial charge in [0.2, 0.25) is 5.91 Å². The summed E-state index contributed by atoms with van der Waals surface area (Å²) in [4.78, 5) is 16.8. The number of carbonyl (C=O) groups excluding carboxylic acids is 1. The first-order chi connectivity index (χ1) is 8.50. The van der Waals surface area contributed by atoms with E-state index in [1.54, 1.807) is 17.5 Å². The Hall–Kier alpha value is -0.940. The number of aromatic nitrogens is 1. The fraction of sp³-hybridized carbons (Fsp3) is 0.692. The molecular formula is C13H21N3OS. The van der Waals surface area contributed by atoms with Gasteiger partial charge in [0.1, 0.15) is 5.01 Å². The summed E-state index contributed by atoms with van der Waals surface area (Å²) in [5.74, 6) is 0.148. The molecule has 1 aliphatic heterocycles. The Morgan fingerprint density at radius 3 is 2.94 bits per heavy atom. The Labute approximate surface area is 112 Å². The van der Waals surface area contributed by atoms with Crippen LogP contribution in [0.15, 0.2) is 11.6 Å². The molecule has 18 heavy (non-hydrogen) atoms. The van der Waals surface area contributed by atoms with Gasteiger partial charge in [0.25, 0.3) is 0 Å². The molecule has 0 aliphatic carbocycles. The summed E-state index contributed by atoms with van der Waals surface area (Å²) in [5.41, 5.74) is -0.634. The van der Waals surface area contributed by atoms with Crippen LogP contribution in [0.2, 0.25) is 0 Å². The predicted molar refractivity (Wildman–Crippen MR) is 73.5 cm³/mol. The van der Waals surface area contributed by atoms with Crippen LogP contribution in [0.3, 0.4) is 0 Å². The van der Waals surface area contributed by atoms with Crippen molar-refractivity contribution in [2.75, 3.05) is 13.1 Å². The summed E-state index contributed by atoms with van der Waals surface area (Å²) < 4.78 is 0. The van der Waals surface area contributed by atoms with Crippen molar-refractivity contribution in [2.45, 2.75) is 39.2 Å². The molecule has 1 aromatic heterocycles. The number of thiazole rings is 1. The Balaban J connectivity index is 2.11. The van der Waals surface area contributed by atoms with Gasteiger partial charge in [-0.2, -0.15) is 0 Å². The fourth-order valence-corrected chi connectivity index (χ4v) is 3.12. The number of nitrogens with zero attached hydrogens (tertiary/aromatic N) is 1. The van der Waals surface area contributed by atoms with Crippen LogP contribution in [-0.2, 0) is 10.3 Å². The van der Waals surface area contributed by atoms with Crippen molar-refractivity contribution < 1.29 is 4.79 Å². The van der Waals surface area contributed by atoms with Gasteiger partial charge in [-0.3, -0.25) is 4.79 Å². The molecule has 1 atom stereocenters. The maximum Gasteiger partial charge on any atom is 0.228 e. The lowest BCUT2D eigenvalue weighted by Gasteiger charge is -2.31. The van der Waals surface area contributed by atoms with E-state index in [1.807, 2.05) is 19.2 Å². The van der Waals surface area contributed by atoms with Crippen molar-refractivity contribution in [2.24, 2.45) is 5.41 Å². The number of hydrogen-bond donors (Lipinski definition) is 2. The molecule has 1 fully saturated rings. The molecule has 5 heteroatoms. The molecule has 0 radical (unpaired) electrons. The van der Waals surface area contributed by atoms with Gasteiger partial charge in [-0.25, -0.2) is 4.98 Å². The zero-order valence-corrected chi connectivity index (χ0v) is 12.1. The van der Waals surface area contributed by atoms with Crippen LogP contribution in [0.1, 0.15) is 38.6 Å². The first-order valence-corrected chi connectivity index (χ1v) is 7.31. The van der Waals surface area contributed by atoms with Gasteiger partial charge in [0.05, 0.1) is 11.0 Å². The molecule has 1 aliphatic rings. The lowest BCUT2D eigenvalue weighted by molar-refractivity contribution is -0.132. The highest BCUT2D eigenvalue weighted by molar-refractivity contribution is 7.09. The van der Waals surface area contributed by atoms with Gasteiger partial charge in [-0.15, -0.1) is 11.3 Å². The van der Waals surface area contributed by atoms with Crippen LogP contribution in [-0.4, -0.2) is 24.0 Å². The van der Waals surface area contributed by atoms with Crippen LogP contribution in [0.25, 0.3) is 0 Å².